The maximum absolute atomic E-state index is 12.8. The number of aromatic nitrogens is 1. The molecule has 30 heavy (non-hydrogen) atoms. The number of carbonyl (C=O) groups is 2. The van der Waals surface area contributed by atoms with E-state index in [1.165, 1.54) is 24.3 Å². The Balaban J connectivity index is 2.35. The topological polar surface area (TPSA) is 101 Å². The third-order valence-electron chi connectivity index (χ3n) is 4.55. The SMILES string of the molecule is CC(C)(C)CCOC(=O)c1cc2cc([N+](=O)[O-])ccc2n1C(=O)OCCC(C)(C)C. The van der Waals surface area contributed by atoms with Crippen molar-refractivity contribution in [2.45, 2.75) is 54.4 Å². The Hall–Kier alpha value is -2.90. The predicted molar refractivity (Wildman–Crippen MR) is 114 cm³/mol. The number of fused-ring (bicyclic) bond motifs is 1. The number of rotatable bonds is 6. The van der Waals surface area contributed by atoms with Crippen molar-refractivity contribution in [1.82, 2.24) is 4.57 Å². The van der Waals surface area contributed by atoms with Crippen LogP contribution in [0.25, 0.3) is 10.9 Å². The number of hydrogen-bond acceptors (Lipinski definition) is 6. The molecule has 0 unspecified atom stereocenters. The van der Waals surface area contributed by atoms with Gasteiger partial charge in [-0.15, -0.1) is 0 Å². The van der Waals surface area contributed by atoms with Gasteiger partial charge in [0, 0.05) is 17.5 Å². The standard InChI is InChI=1S/C22H30N2O6/c1-21(2,3)9-11-29-19(25)18-14-15-13-16(24(27)28)7-8-17(15)23(18)20(26)30-12-10-22(4,5)6/h7-8,13-14H,9-12H2,1-6H3. The molecule has 1 aromatic heterocycles. The zero-order valence-electron chi connectivity index (χ0n) is 18.5. The minimum absolute atomic E-state index is 0.0137. The van der Waals surface area contributed by atoms with Gasteiger partial charge in [0.15, 0.2) is 0 Å². The second kappa shape index (κ2) is 8.85. The molecule has 0 fully saturated rings. The molecule has 2 aromatic rings. The highest BCUT2D eigenvalue weighted by Gasteiger charge is 2.25. The summed E-state index contributed by atoms with van der Waals surface area (Å²) in [5, 5.41) is 11.5. The van der Waals surface area contributed by atoms with E-state index < -0.39 is 17.0 Å². The van der Waals surface area contributed by atoms with Gasteiger partial charge in [0.1, 0.15) is 5.69 Å². The van der Waals surface area contributed by atoms with Gasteiger partial charge in [0.05, 0.1) is 23.7 Å². The Bertz CT molecular complexity index is 947. The predicted octanol–water partition coefficient (Wildman–Crippen LogP) is 5.56. The summed E-state index contributed by atoms with van der Waals surface area (Å²) < 4.78 is 11.9. The molecule has 0 saturated carbocycles. The van der Waals surface area contributed by atoms with Crippen LogP contribution in [0, 0.1) is 20.9 Å². The highest BCUT2D eigenvalue weighted by molar-refractivity contribution is 6.02. The molecule has 0 atom stereocenters. The quantitative estimate of drug-likeness (QED) is 0.346. The van der Waals surface area contributed by atoms with Gasteiger partial charge in [-0.25, -0.2) is 14.2 Å². The highest BCUT2D eigenvalue weighted by Crippen LogP contribution is 2.26. The summed E-state index contributed by atoms with van der Waals surface area (Å²) in [6.07, 6.45) is 0.584. The second-order valence-corrected chi connectivity index (χ2v) is 9.74. The molecular weight excluding hydrogens is 388 g/mol. The Morgan fingerprint density at radius 3 is 2.07 bits per heavy atom. The summed E-state index contributed by atoms with van der Waals surface area (Å²) in [4.78, 5) is 36.0. The van der Waals surface area contributed by atoms with Crippen LogP contribution in [0.5, 0.6) is 0 Å². The van der Waals surface area contributed by atoms with E-state index in [2.05, 4.69) is 0 Å². The van der Waals surface area contributed by atoms with Crippen molar-refractivity contribution in [2.75, 3.05) is 13.2 Å². The zero-order valence-corrected chi connectivity index (χ0v) is 18.5. The first kappa shape index (κ1) is 23.4. The number of nitro benzene ring substituents is 1. The van der Waals surface area contributed by atoms with E-state index in [9.17, 15) is 19.7 Å². The van der Waals surface area contributed by atoms with Crippen molar-refractivity contribution in [3.63, 3.8) is 0 Å². The van der Waals surface area contributed by atoms with E-state index in [0.717, 1.165) is 4.57 Å². The molecule has 8 nitrogen and oxygen atoms in total. The normalized spacial score (nSPS) is 12.1. The van der Waals surface area contributed by atoms with Crippen molar-refractivity contribution in [3.8, 4) is 0 Å². The molecule has 2 rings (SSSR count). The molecule has 164 valence electrons. The third-order valence-corrected chi connectivity index (χ3v) is 4.55. The second-order valence-electron chi connectivity index (χ2n) is 9.74. The number of ether oxygens (including phenoxy) is 2. The number of non-ortho nitro benzene ring substituents is 1. The molecule has 0 aliphatic carbocycles. The lowest BCUT2D eigenvalue weighted by Crippen LogP contribution is -2.22. The minimum Gasteiger partial charge on any atom is -0.461 e. The number of hydrogen-bond donors (Lipinski definition) is 0. The molecule has 0 radical (unpaired) electrons. The van der Waals surface area contributed by atoms with Crippen molar-refractivity contribution in [3.05, 3.63) is 40.1 Å². The Kier molecular flexibility index (Phi) is 6.90. The molecule has 0 amide bonds. The molecule has 0 saturated heterocycles. The number of esters is 1. The fourth-order valence-corrected chi connectivity index (χ4v) is 2.70. The summed E-state index contributed by atoms with van der Waals surface area (Å²) in [7, 11) is 0. The average molecular weight is 418 g/mol. The van der Waals surface area contributed by atoms with Crippen LogP contribution in [-0.2, 0) is 9.47 Å². The summed E-state index contributed by atoms with van der Waals surface area (Å²) in [5.74, 6) is -0.675. The molecule has 1 heterocycles. The molecule has 0 N–H and O–H groups in total. The lowest BCUT2D eigenvalue weighted by molar-refractivity contribution is -0.384. The smallest absolute Gasteiger partial charge is 0.419 e. The average Bonchev–Trinajstić information content (AvgIpc) is 2.98. The third kappa shape index (κ3) is 6.30. The molecular formula is C22H30N2O6. The van der Waals surface area contributed by atoms with E-state index in [1.807, 2.05) is 41.5 Å². The molecule has 0 aliphatic heterocycles. The van der Waals surface area contributed by atoms with Gasteiger partial charge in [-0.3, -0.25) is 10.1 Å². The van der Waals surface area contributed by atoms with Gasteiger partial charge >= 0.3 is 12.1 Å². The fraction of sp³-hybridized carbons (Fsp3) is 0.545. The summed E-state index contributed by atoms with van der Waals surface area (Å²) in [6.45, 7) is 12.6. The largest absolute Gasteiger partial charge is 0.461 e. The number of benzene rings is 1. The van der Waals surface area contributed by atoms with Gasteiger partial charge in [-0.1, -0.05) is 41.5 Å². The zero-order chi connectivity index (χ0) is 22.7. The van der Waals surface area contributed by atoms with Crippen molar-refractivity contribution < 1.29 is 24.0 Å². The van der Waals surface area contributed by atoms with Crippen LogP contribution in [0.4, 0.5) is 10.5 Å². The lowest BCUT2D eigenvalue weighted by atomic mass is 9.93. The van der Waals surface area contributed by atoms with Crippen LogP contribution in [0.3, 0.4) is 0 Å². The summed E-state index contributed by atoms with van der Waals surface area (Å²) in [6, 6.07) is 5.47. The van der Waals surface area contributed by atoms with E-state index in [4.69, 9.17) is 9.47 Å². The van der Waals surface area contributed by atoms with Crippen molar-refractivity contribution in [1.29, 1.82) is 0 Å². The van der Waals surface area contributed by atoms with E-state index in [-0.39, 0.29) is 35.4 Å². The molecule has 8 heteroatoms. The monoisotopic (exact) mass is 418 g/mol. The molecule has 0 bridgehead atoms. The Morgan fingerprint density at radius 2 is 1.53 bits per heavy atom. The van der Waals surface area contributed by atoms with Gasteiger partial charge in [-0.05, 0) is 35.8 Å². The van der Waals surface area contributed by atoms with Crippen LogP contribution in [0.15, 0.2) is 24.3 Å². The maximum Gasteiger partial charge on any atom is 0.419 e. The Morgan fingerprint density at radius 1 is 0.967 bits per heavy atom. The number of nitro groups is 1. The molecule has 1 aromatic carbocycles. The van der Waals surface area contributed by atoms with Gasteiger partial charge in [0.25, 0.3) is 5.69 Å². The van der Waals surface area contributed by atoms with Crippen LogP contribution in [0.2, 0.25) is 0 Å². The number of nitrogens with zero attached hydrogens (tertiary/aromatic N) is 2. The fourth-order valence-electron chi connectivity index (χ4n) is 2.70. The highest BCUT2D eigenvalue weighted by atomic mass is 16.6. The van der Waals surface area contributed by atoms with Crippen LogP contribution < -0.4 is 0 Å². The van der Waals surface area contributed by atoms with Crippen LogP contribution in [0.1, 0.15) is 64.9 Å². The van der Waals surface area contributed by atoms with Crippen molar-refractivity contribution in [2.24, 2.45) is 10.8 Å². The minimum atomic E-state index is -0.717. The summed E-state index contributed by atoms with van der Waals surface area (Å²) in [5.41, 5.74) is 0.172. The lowest BCUT2D eigenvalue weighted by Gasteiger charge is -2.18. The first-order valence-corrected chi connectivity index (χ1v) is 9.93. The van der Waals surface area contributed by atoms with Crippen LogP contribution >= 0.6 is 0 Å². The molecule has 0 spiro atoms. The van der Waals surface area contributed by atoms with E-state index in [1.54, 1.807) is 0 Å². The van der Waals surface area contributed by atoms with E-state index in [0.29, 0.717) is 23.7 Å². The van der Waals surface area contributed by atoms with Gasteiger partial charge in [-0.2, -0.15) is 0 Å². The first-order valence-electron chi connectivity index (χ1n) is 9.93. The summed E-state index contributed by atoms with van der Waals surface area (Å²) >= 11 is 0. The maximum atomic E-state index is 12.8. The van der Waals surface area contributed by atoms with Crippen LogP contribution in [-0.4, -0.2) is 34.8 Å². The van der Waals surface area contributed by atoms with Gasteiger partial charge in [0.2, 0.25) is 0 Å². The molecule has 0 aliphatic rings. The Labute approximate surface area is 176 Å². The van der Waals surface area contributed by atoms with Crippen molar-refractivity contribution >= 4 is 28.7 Å². The first-order chi connectivity index (χ1) is 13.8. The number of carbonyl (C=O) groups excluding carboxylic acids is 2. The van der Waals surface area contributed by atoms with E-state index >= 15 is 0 Å². The van der Waals surface area contributed by atoms with Gasteiger partial charge < -0.3 is 9.47 Å².